The zero-order valence-corrected chi connectivity index (χ0v) is 62.5. The van der Waals surface area contributed by atoms with E-state index in [1.807, 2.05) is 24.3 Å². The first-order valence-electron chi connectivity index (χ1n) is 33.3. The van der Waals surface area contributed by atoms with Crippen LogP contribution in [0.1, 0.15) is 221 Å². The predicted octanol–water partition coefficient (Wildman–Crippen LogP) is 20.8. The third-order valence-corrected chi connectivity index (χ3v) is 23.2. The summed E-state index contributed by atoms with van der Waals surface area (Å²) >= 11 is 0. The highest BCUT2D eigenvalue weighted by molar-refractivity contribution is 6.76. The molecule has 0 amide bonds. The molecule has 8 heteroatoms. The Morgan fingerprint density at radius 1 is 0.337 bits per heavy atom. The van der Waals surface area contributed by atoms with E-state index in [4.69, 9.17) is 0 Å². The number of aromatic hydroxyl groups is 4. The highest BCUT2D eigenvalue weighted by Gasteiger charge is 2.20. The molecule has 4 nitrogen and oxygen atoms in total. The molecule has 0 heterocycles. The molecule has 6 aromatic rings. The first-order chi connectivity index (χ1) is 40.4. The fourth-order valence-electron chi connectivity index (χ4n) is 11.2. The van der Waals surface area contributed by atoms with Gasteiger partial charge in [0.05, 0.1) is 19.0 Å². The van der Waals surface area contributed by atoms with E-state index in [-0.39, 0.29) is 0 Å². The Balaban J connectivity index is 0.000000302. The summed E-state index contributed by atoms with van der Waals surface area (Å²) in [4.78, 5) is 0. The highest BCUT2D eigenvalue weighted by Crippen LogP contribution is 2.35. The Morgan fingerprint density at radius 3 is 0.977 bits per heavy atom. The van der Waals surface area contributed by atoms with Crippen molar-refractivity contribution in [1.29, 1.82) is 0 Å². The van der Waals surface area contributed by atoms with Gasteiger partial charge in [-0.2, -0.15) is 0 Å². The van der Waals surface area contributed by atoms with Crippen LogP contribution in [-0.4, -0.2) is 55.6 Å². The van der Waals surface area contributed by atoms with Crippen LogP contribution in [0, 0.1) is 27.7 Å². The van der Waals surface area contributed by atoms with Crippen molar-refractivity contribution in [3.8, 4) is 23.0 Å². The molecule has 472 valence electrons. The summed E-state index contributed by atoms with van der Waals surface area (Å²) in [5.74, 6) is 3.56. The molecule has 6 aromatic carbocycles. The lowest BCUT2D eigenvalue weighted by Gasteiger charge is -2.21. The minimum atomic E-state index is -1.02. The Bertz CT molecular complexity index is 3010. The minimum absolute atomic E-state index is 0.353. The second kappa shape index (κ2) is 36.8. The second-order valence-corrected chi connectivity index (χ2v) is 42.3. The number of phenolic OH excluding ortho intramolecular Hbond substituents is 4. The first-order valence-corrected chi connectivity index (χ1v) is 43.2. The largest absolute Gasteiger partial charge is 0.508 e. The van der Waals surface area contributed by atoms with Crippen molar-refractivity contribution in [3.63, 3.8) is 0 Å². The van der Waals surface area contributed by atoms with Crippen molar-refractivity contribution in [1.82, 2.24) is 0 Å². The van der Waals surface area contributed by atoms with Crippen molar-refractivity contribution < 1.29 is 20.4 Å². The molecular weight excluding hydrogens is 1110 g/mol. The molecule has 4 radical (unpaired) electrons. The zero-order chi connectivity index (χ0) is 64.6. The van der Waals surface area contributed by atoms with Crippen LogP contribution < -0.4 is 10.4 Å². The van der Waals surface area contributed by atoms with Crippen LogP contribution in [0.5, 0.6) is 23.0 Å². The van der Waals surface area contributed by atoms with E-state index in [0.29, 0.717) is 46.7 Å². The summed E-state index contributed by atoms with van der Waals surface area (Å²) in [5, 5.41) is 43.8. The maximum atomic E-state index is 10.3. The van der Waals surface area contributed by atoms with Gasteiger partial charge in [-0.05, 0) is 216 Å². The van der Waals surface area contributed by atoms with E-state index in [2.05, 4.69) is 211 Å². The summed E-state index contributed by atoms with van der Waals surface area (Å²) in [7, 11) is -0.319. The van der Waals surface area contributed by atoms with Gasteiger partial charge in [0.2, 0.25) is 0 Å². The van der Waals surface area contributed by atoms with E-state index in [1.165, 1.54) is 108 Å². The van der Waals surface area contributed by atoms with Crippen LogP contribution in [0.15, 0.2) is 84.9 Å². The molecule has 0 aliphatic heterocycles. The Morgan fingerprint density at radius 2 is 0.640 bits per heavy atom. The number of benzene rings is 6. The summed E-state index contributed by atoms with van der Waals surface area (Å²) in [5.41, 5.74) is 21.1. The molecular formula is C78H120O4Si4. The molecule has 0 atom stereocenters. The average molecular weight is 1230 g/mol. The molecule has 0 spiro atoms. The summed E-state index contributed by atoms with van der Waals surface area (Å²) < 4.78 is 0. The van der Waals surface area contributed by atoms with Gasteiger partial charge in [-0.1, -0.05) is 243 Å². The lowest BCUT2D eigenvalue weighted by Crippen LogP contribution is -2.20. The van der Waals surface area contributed by atoms with Gasteiger partial charge in [-0.3, -0.25) is 0 Å². The van der Waals surface area contributed by atoms with E-state index in [9.17, 15) is 20.4 Å². The summed E-state index contributed by atoms with van der Waals surface area (Å²) in [6.45, 7) is 49.6. The number of hydrogen-bond acceptors (Lipinski definition) is 4. The molecule has 0 bridgehead atoms. The molecule has 86 heavy (non-hydrogen) atoms. The van der Waals surface area contributed by atoms with Crippen LogP contribution in [0.25, 0.3) is 0 Å². The van der Waals surface area contributed by atoms with E-state index >= 15 is 0 Å². The first kappa shape index (κ1) is 75.6. The van der Waals surface area contributed by atoms with Crippen molar-refractivity contribution >= 4 is 45.6 Å². The van der Waals surface area contributed by atoms with E-state index < -0.39 is 16.1 Å². The number of rotatable bonds is 26. The molecule has 6 rings (SSSR count). The maximum Gasteiger partial charge on any atom is 0.119 e. The SMILES string of the molecule is CC(C)c1cc(CC[Si](C)(C)C)c(C(C)C)cc1O.CCCc1cc(CC[Si](C)(C)C)c(CCC)cc1O.CCCc1cc(CC[Si]c2cccc(C)c2C)c(CCC)cc1O.Cc1cccc([Si]CCc2cc(C(C)C)c(O)cc2C(C)C)c1C. The Labute approximate surface area is 534 Å². The molecule has 0 fully saturated rings. The van der Waals surface area contributed by atoms with Crippen molar-refractivity contribution in [3.05, 3.63) is 174 Å². The molecule has 0 aliphatic carbocycles. The normalized spacial score (nSPS) is 11.7. The smallest absolute Gasteiger partial charge is 0.119 e. The van der Waals surface area contributed by atoms with Gasteiger partial charge in [0.25, 0.3) is 0 Å². The highest BCUT2D eigenvalue weighted by atomic mass is 28.3. The van der Waals surface area contributed by atoms with Crippen LogP contribution in [-0.2, 0) is 51.4 Å². The van der Waals surface area contributed by atoms with Crippen LogP contribution in [0.3, 0.4) is 0 Å². The zero-order valence-electron chi connectivity index (χ0n) is 58.5. The average Bonchev–Trinajstić information content (AvgIpc) is 3.61. The van der Waals surface area contributed by atoms with Gasteiger partial charge in [0, 0.05) is 16.1 Å². The number of aryl methyl sites for hydroxylation is 10. The van der Waals surface area contributed by atoms with Crippen molar-refractivity contribution in [2.75, 3.05) is 0 Å². The Kier molecular flexibility index (Phi) is 32.3. The third kappa shape index (κ3) is 25.1. The second-order valence-electron chi connectivity index (χ2n) is 28.3. The molecule has 0 aliphatic rings. The lowest BCUT2D eigenvalue weighted by molar-refractivity contribution is 0.462. The topological polar surface area (TPSA) is 80.9 Å². The van der Waals surface area contributed by atoms with Crippen LogP contribution in [0.4, 0.5) is 0 Å². The summed E-state index contributed by atoms with van der Waals surface area (Å²) in [6, 6.07) is 35.3. The van der Waals surface area contributed by atoms with Crippen molar-refractivity contribution in [2.24, 2.45) is 0 Å². The van der Waals surface area contributed by atoms with Gasteiger partial charge in [0.15, 0.2) is 0 Å². The van der Waals surface area contributed by atoms with Crippen LogP contribution >= 0.6 is 0 Å². The fourth-order valence-corrected chi connectivity index (χ4v) is 15.9. The summed E-state index contributed by atoms with van der Waals surface area (Å²) in [6.07, 6.45) is 13.1. The molecule has 0 unspecified atom stereocenters. The third-order valence-electron chi connectivity index (χ3n) is 16.9. The predicted molar refractivity (Wildman–Crippen MR) is 388 cm³/mol. The molecule has 0 saturated heterocycles. The Hall–Kier alpha value is -4.61. The molecule has 0 aromatic heterocycles. The number of phenols is 4. The van der Waals surface area contributed by atoms with Gasteiger partial charge < -0.3 is 20.4 Å². The fraction of sp³-hybridized carbons (Fsp3) is 0.538. The molecule has 0 saturated carbocycles. The monoisotopic (exact) mass is 1230 g/mol. The number of hydrogen-bond donors (Lipinski definition) is 4. The standard InChI is InChI=1S/2C22H30OSi.2C17H30OSi/c1-14(2)19-13-21(23)20(15(3)4)12-18(19)10-11-24-22-9-7-8-16(5)17(22)6;1-5-8-18-15-21(23)20(9-6-2)14-19(18)12-13-24-22-11-7-10-16(3)17(22)4;1-12(2)15-11-17(18)16(13(3)4)10-14(15)8-9-19(5,6)7;1-6-8-14-13-17(18)16(9-7-2)12-15(14)10-11-19(3,4)5/h7-9,12-15,23H,10-11H2,1-6H3;7,10-11,14-15,23H,5-6,8-9,12-13H2,1-4H3;10-13,18H,8-9H2,1-7H3;12-13,18H,6-11H2,1-5H3. The van der Waals surface area contributed by atoms with Crippen LogP contribution in [0.2, 0.25) is 63.5 Å². The molecule has 4 N–H and O–H groups in total. The van der Waals surface area contributed by atoms with Crippen molar-refractivity contribution in [2.45, 2.75) is 275 Å². The minimum Gasteiger partial charge on any atom is -0.508 e. The quantitative estimate of drug-likeness (QED) is 0.0408. The van der Waals surface area contributed by atoms with Gasteiger partial charge >= 0.3 is 0 Å². The van der Waals surface area contributed by atoms with Gasteiger partial charge in [-0.25, -0.2) is 0 Å². The van der Waals surface area contributed by atoms with Gasteiger partial charge in [-0.15, -0.1) is 0 Å². The maximum absolute atomic E-state index is 10.3. The van der Waals surface area contributed by atoms with E-state index in [0.717, 1.165) is 112 Å². The van der Waals surface area contributed by atoms with Gasteiger partial charge in [0.1, 0.15) is 23.0 Å². The lowest BCUT2D eigenvalue weighted by atomic mass is 9.90. The van der Waals surface area contributed by atoms with E-state index in [1.54, 1.807) is 0 Å².